The molecule has 0 spiro atoms. The largest absolute Gasteiger partial charge is 0.478 e. The summed E-state index contributed by atoms with van der Waals surface area (Å²) in [6.45, 7) is 2.36. The third-order valence-electron chi connectivity index (χ3n) is 8.52. The van der Waals surface area contributed by atoms with Crippen molar-refractivity contribution >= 4 is 52.2 Å². The number of hydrogen-bond donors (Lipinski definition) is 3. The second-order valence-corrected chi connectivity index (χ2v) is 11.9. The highest BCUT2D eigenvalue weighted by Crippen LogP contribution is 2.48. The number of carbonyl (C=O) groups excluding carboxylic acids is 1. The Kier molecular flexibility index (Phi) is 7.26. The lowest BCUT2D eigenvalue weighted by Gasteiger charge is -2.31. The molecule has 0 bridgehead atoms. The van der Waals surface area contributed by atoms with Crippen LogP contribution >= 0.6 is 23.2 Å². The molecule has 1 amide bonds. The summed E-state index contributed by atoms with van der Waals surface area (Å²) in [6, 6.07) is 13.7. The SMILES string of the molecule is Cc1c(C(=O)O)ccc(C2=N[C@@H]3C(C2)N(CC2CC2)[C@@H](C(=O)Nc2cccc(Cl)c2)[C@H]3c2cccc(Cl)c2F)c1N. The number of carboxylic acids is 1. The van der Waals surface area contributed by atoms with Crippen LogP contribution in [-0.4, -0.2) is 52.3 Å². The van der Waals surface area contributed by atoms with Gasteiger partial charge in [-0.15, -0.1) is 0 Å². The van der Waals surface area contributed by atoms with E-state index < -0.39 is 29.8 Å². The molecule has 6 rings (SSSR count). The number of halogens is 3. The van der Waals surface area contributed by atoms with Gasteiger partial charge in [0, 0.05) is 52.6 Å². The number of nitrogens with one attached hydrogen (secondary N) is 1. The van der Waals surface area contributed by atoms with Crippen molar-refractivity contribution in [2.75, 3.05) is 17.6 Å². The van der Waals surface area contributed by atoms with Crippen molar-refractivity contribution in [3.05, 3.63) is 92.7 Å². The maximum atomic E-state index is 15.7. The summed E-state index contributed by atoms with van der Waals surface area (Å²) in [6.07, 6.45) is 2.64. The van der Waals surface area contributed by atoms with Crippen LogP contribution in [0.5, 0.6) is 0 Å². The molecular weight excluding hydrogens is 566 g/mol. The van der Waals surface area contributed by atoms with Crippen LogP contribution < -0.4 is 11.1 Å². The molecule has 1 saturated carbocycles. The standard InChI is InChI=1S/C31H29Cl2FN4O3/c1-15-19(31(40)41)10-11-20(27(15)35)23-13-24-28(37-23)25(21-6-3-7-22(33)26(21)34)29(38(24)14-16-8-9-16)30(39)36-18-5-2-4-17(32)12-18/h2-7,10-12,16,24-25,28-29H,8-9,13-14,35H2,1H3,(H,36,39)(H,40,41)/t24?,25-,28+,29+/m0/s1. The Morgan fingerprint density at radius 1 is 1.15 bits per heavy atom. The summed E-state index contributed by atoms with van der Waals surface area (Å²) in [4.78, 5) is 32.9. The molecule has 1 unspecified atom stereocenters. The number of benzene rings is 3. The third-order valence-corrected chi connectivity index (χ3v) is 9.04. The molecule has 2 aliphatic heterocycles. The molecule has 0 radical (unpaired) electrons. The van der Waals surface area contributed by atoms with Crippen molar-refractivity contribution in [3.63, 3.8) is 0 Å². The molecule has 3 aromatic rings. The summed E-state index contributed by atoms with van der Waals surface area (Å²) in [5.74, 6) is -2.03. The normalized spacial score (nSPS) is 23.8. The van der Waals surface area contributed by atoms with Crippen molar-refractivity contribution in [3.8, 4) is 0 Å². The summed E-state index contributed by atoms with van der Waals surface area (Å²) in [7, 11) is 0. The molecule has 7 nitrogen and oxygen atoms in total. The van der Waals surface area contributed by atoms with Gasteiger partial charge < -0.3 is 16.2 Å². The first-order valence-corrected chi connectivity index (χ1v) is 14.3. The van der Waals surface area contributed by atoms with Crippen molar-refractivity contribution < 1.29 is 19.1 Å². The smallest absolute Gasteiger partial charge is 0.336 e. The van der Waals surface area contributed by atoms with Gasteiger partial charge in [0.05, 0.1) is 22.7 Å². The Hall–Kier alpha value is -3.46. The number of nitrogens with two attached hydrogens (primary N) is 1. The summed E-state index contributed by atoms with van der Waals surface area (Å²) < 4.78 is 15.7. The lowest BCUT2D eigenvalue weighted by atomic mass is 9.86. The third kappa shape index (κ3) is 5.09. The minimum absolute atomic E-state index is 0.0139. The average molecular weight is 596 g/mol. The van der Waals surface area contributed by atoms with Crippen LogP contribution in [0.3, 0.4) is 0 Å². The zero-order chi connectivity index (χ0) is 29.0. The second kappa shape index (κ2) is 10.7. The van der Waals surface area contributed by atoms with E-state index in [1.54, 1.807) is 49.4 Å². The number of nitrogen functional groups attached to an aromatic ring is 1. The molecule has 4 atom stereocenters. The van der Waals surface area contributed by atoms with Crippen LogP contribution in [0, 0.1) is 18.7 Å². The zero-order valence-electron chi connectivity index (χ0n) is 22.3. The van der Waals surface area contributed by atoms with Gasteiger partial charge in [-0.3, -0.25) is 14.7 Å². The summed E-state index contributed by atoms with van der Waals surface area (Å²) >= 11 is 12.4. The second-order valence-electron chi connectivity index (χ2n) is 11.1. The maximum absolute atomic E-state index is 15.7. The number of carboxylic acid groups (broad SMARTS) is 1. The first-order chi connectivity index (χ1) is 19.6. The molecule has 2 heterocycles. The number of fused-ring (bicyclic) bond motifs is 1. The van der Waals surface area contributed by atoms with Crippen LogP contribution in [0.2, 0.25) is 10.0 Å². The first kappa shape index (κ1) is 27.7. The van der Waals surface area contributed by atoms with Gasteiger partial charge in [-0.1, -0.05) is 47.5 Å². The topological polar surface area (TPSA) is 108 Å². The van der Waals surface area contributed by atoms with Gasteiger partial charge in [-0.2, -0.15) is 0 Å². The van der Waals surface area contributed by atoms with E-state index in [0.29, 0.717) is 52.0 Å². The number of anilines is 2. The van der Waals surface area contributed by atoms with E-state index in [1.807, 2.05) is 0 Å². The average Bonchev–Trinajstić information content (AvgIpc) is 3.57. The van der Waals surface area contributed by atoms with Gasteiger partial charge in [0.25, 0.3) is 0 Å². The van der Waals surface area contributed by atoms with Crippen LogP contribution in [0.4, 0.5) is 15.8 Å². The van der Waals surface area contributed by atoms with Gasteiger partial charge >= 0.3 is 5.97 Å². The monoisotopic (exact) mass is 594 g/mol. The predicted molar refractivity (Wildman–Crippen MR) is 159 cm³/mol. The van der Waals surface area contributed by atoms with Crippen molar-refractivity contribution in [1.29, 1.82) is 0 Å². The molecule has 10 heteroatoms. The first-order valence-electron chi connectivity index (χ1n) is 13.6. The fraction of sp³-hybridized carbons (Fsp3) is 0.323. The molecule has 3 aromatic carbocycles. The Balaban J connectivity index is 1.44. The van der Waals surface area contributed by atoms with Gasteiger partial charge in [-0.25, -0.2) is 9.18 Å². The summed E-state index contributed by atoms with van der Waals surface area (Å²) in [5.41, 5.74) is 9.68. The van der Waals surface area contributed by atoms with E-state index in [4.69, 9.17) is 33.9 Å². The quantitative estimate of drug-likeness (QED) is 0.283. The minimum Gasteiger partial charge on any atom is -0.478 e. The van der Waals surface area contributed by atoms with E-state index >= 15 is 4.39 Å². The molecule has 0 aromatic heterocycles. The number of amides is 1. The van der Waals surface area contributed by atoms with E-state index in [-0.39, 0.29) is 22.5 Å². The fourth-order valence-corrected chi connectivity index (χ4v) is 6.71. The van der Waals surface area contributed by atoms with Crippen LogP contribution in [0.25, 0.3) is 0 Å². The molecule has 1 aliphatic carbocycles. The molecular formula is C31H29Cl2FN4O3. The highest BCUT2D eigenvalue weighted by molar-refractivity contribution is 6.31. The molecule has 1 saturated heterocycles. The Morgan fingerprint density at radius 2 is 1.90 bits per heavy atom. The molecule has 41 heavy (non-hydrogen) atoms. The molecule has 4 N–H and O–H groups in total. The fourth-order valence-electron chi connectivity index (χ4n) is 6.34. The number of aromatic carboxylic acids is 1. The molecule has 3 aliphatic rings. The van der Waals surface area contributed by atoms with Crippen LogP contribution in [0.15, 0.2) is 59.6 Å². The van der Waals surface area contributed by atoms with E-state index in [9.17, 15) is 14.7 Å². The van der Waals surface area contributed by atoms with Gasteiger partial charge in [0.2, 0.25) is 5.91 Å². The van der Waals surface area contributed by atoms with Crippen molar-refractivity contribution in [2.45, 2.75) is 50.2 Å². The highest BCUT2D eigenvalue weighted by atomic mass is 35.5. The number of nitrogens with zero attached hydrogens (tertiary/aromatic N) is 2. The number of rotatable bonds is 7. The Bertz CT molecular complexity index is 1590. The van der Waals surface area contributed by atoms with Crippen LogP contribution in [0.1, 0.15) is 52.2 Å². The summed E-state index contributed by atoms with van der Waals surface area (Å²) in [5, 5.41) is 13.0. The van der Waals surface area contributed by atoms with E-state index in [2.05, 4.69) is 10.2 Å². The minimum atomic E-state index is -1.05. The van der Waals surface area contributed by atoms with E-state index in [1.165, 1.54) is 12.1 Å². The van der Waals surface area contributed by atoms with Gasteiger partial charge in [-0.05, 0) is 67.1 Å². The predicted octanol–water partition coefficient (Wildman–Crippen LogP) is 6.17. The molecule has 2 fully saturated rings. The van der Waals surface area contributed by atoms with Crippen molar-refractivity contribution in [1.82, 2.24) is 4.90 Å². The lowest BCUT2D eigenvalue weighted by molar-refractivity contribution is -0.121. The van der Waals surface area contributed by atoms with Crippen LogP contribution in [-0.2, 0) is 4.79 Å². The highest BCUT2D eigenvalue weighted by Gasteiger charge is 2.56. The lowest BCUT2D eigenvalue weighted by Crippen LogP contribution is -2.46. The van der Waals surface area contributed by atoms with Gasteiger partial charge in [0.1, 0.15) is 5.82 Å². The van der Waals surface area contributed by atoms with Crippen molar-refractivity contribution in [2.24, 2.45) is 10.9 Å². The number of likely N-dealkylation sites (tertiary alicyclic amines) is 1. The molecule has 212 valence electrons. The van der Waals surface area contributed by atoms with Gasteiger partial charge in [0.15, 0.2) is 0 Å². The number of hydrogen-bond acceptors (Lipinski definition) is 5. The zero-order valence-corrected chi connectivity index (χ0v) is 23.8. The van der Waals surface area contributed by atoms with E-state index in [0.717, 1.165) is 18.6 Å². The Morgan fingerprint density at radius 3 is 2.61 bits per heavy atom. The Labute approximate surface area is 247 Å². The maximum Gasteiger partial charge on any atom is 0.336 e. The number of carbonyl (C=O) groups is 2. The number of aliphatic imine (C=N–C) groups is 1.